The van der Waals surface area contributed by atoms with Crippen molar-refractivity contribution in [3.8, 4) is 0 Å². The van der Waals surface area contributed by atoms with Crippen LogP contribution in [0.2, 0.25) is 5.02 Å². The molecule has 2 amide bonds. The Labute approximate surface area is 160 Å². The molecule has 0 radical (unpaired) electrons. The number of carbonyl (C=O) groups excluding carboxylic acids is 2. The number of anilines is 1. The molecule has 1 aromatic rings. The Morgan fingerprint density at radius 2 is 1.88 bits per heavy atom. The summed E-state index contributed by atoms with van der Waals surface area (Å²) >= 11 is 6.31. The summed E-state index contributed by atoms with van der Waals surface area (Å²) < 4.78 is 5.34. The molecule has 1 saturated heterocycles. The van der Waals surface area contributed by atoms with Crippen LogP contribution in [-0.4, -0.2) is 59.6 Å². The molecule has 0 bridgehead atoms. The minimum Gasteiger partial charge on any atom is -0.444 e. The van der Waals surface area contributed by atoms with E-state index in [2.05, 4.69) is 5.32 Å². The number of nitrogens with zero attached hydrogens (tertiary/aromatic N) is 2. The second-order valence-corrected chi connectivity index (χ2v) is 7.81. The normalized spacial score (nSPS) is 14.6. The lowest BCUT2D eigenvalue weighted by molar-refractivity contribution is 0.0105. The number of benzene rings is 1. The maximum Gasteiger partial charge on any atom is 0.410 e. The van der Waals surface area contributed by atoms with E-state index in [0.29, 0.717) is 36.8 Å². The SMILES string of the molecule is CCN(CC)C(=O)c1ccc(NC2CN(C(=O)OC(C)(C)C)C2)cc1Cl. The minimum atomic E-state index is -0.490. The molecule has 6 nitrogen and oxygen atoms in total. The van der Waals surface area contributed by atoms with Crippen LogP contribution in [0.3, 0.4) is 0 Å². The lowest BCUT2D eigenvalue weighted by Crippen LogP contribution is -2.57. The molecule has 0 atom stereocenters. The average molecular weight is 382 g/mol. The number of likely N-dealkylation sites (tertiary alicyclic amines) is 1. The Bertz CT molecular complexity index is 662. The van der Waals surface area contributed by atoms with E-state index in [0.717, 1.165) is 5.69 Å². The van der Waals surface area contributed by atoms with E-state index in [1.807, 2.05) is 40.7 Å². The molecule has 0 aliphatic carbocycles. The predicted molar refractivity (Wildman–Crippen MR) is 104 cm³/mol. The summed E-state index contributed by atoms with van der Waals surface area (Å²) in [5.41, 5.74) is 0.848. The molecule has 0 aromatic heterocycles. The first-order chi connectivity index (χ1) is 12.1. The van der Waals surface area contributed by atoms with Crippen molar-refractivity contribution in [2.24, 2.45) is 0 Å². The van der Waals surface area contributed by atoms with Crippen LogP contribution < -0.4 is 5.32 Å². The van der Waals surface area contributed by atoms with Crippen LogP contribution in [0.15, 0.2) is 18.2 Å². The lowest BCUT2D eigenvalue weighted by atomic mass is 10.1. The lowest BCUT2D eigenvalue weighted by Gasteiger charge is -2.40. The van der Waals surface area contributed by atoms with Gasteiger partial charge in [-0.1, -0.05) is 11.6 Å². The molecule has 0 saturated carbocycles. The van der Waals surface area contributed by atoms with Crippen molar-refractivity contribution in [3.63, 3.8) is 0 Å². The molecule has 26 heavy (non-hydrogen) atoms. The third-order valence-electron chi connectivity index (χ3n) is 4.15. The smallest absolute Gasteiger partial charge is 0.410 e. The van der Waals surface area contributed by atoms with E-state index < -0.39 is 5.60 Å². The van der Waals surface area contributed by atoms with Gasteiger partial charge >= 0.3 is 6.09 Å². The maximum absolute atomic E-state index is 12.4. The van der Waals surface area contributed by atoms with Gasteiger partial charge in [-0.05, 0) is 52.8 Å². The Morgan fingerprint density at radius 1 is 1.27 bits per heavy atom. The quantitative estimate of drug-likeness (QED) is 0.841. The van der Waals surface area contributed by atoms with Gasteiger partial charge in [0.25, 0.3) is 5.91 Å². The number of ether oxygens (including phenoxy) is 1. The van der Waals surface area contributed by atoms with Gasteiger partial charge in [0, 0.05) is 31.9 Å². The largest absolute Gasteiger partial charge is 0.444 e. The van der Waals surface area contributed by atoms with Crippen LogP contribution >= 0.6 is 11.6 Å². The Kier molecular flexibility index (Phi) is 6.39. The van der Waals surface area contributed by atoms with Gasteiger partial charge in [0.2, 0.25) is 0 Å². The molecule has 1 aliphatic heterocycles. The molecule has 1 fully saturated rings. The highest BCUT2D eigenvalue weighted by Gasteiger charge is 2.33. The first kappa shape index (κ1) is 20.4. The van der Waals surface area contributed by atoms with E-state index in [-0.39, 0.29) is 18.0 Å². The highest BCUT2D eigenvalue weighted by Crippen LogP contribution is 2.25. The van der Waals surface area contributed by atoms with Crippen LogP contribution in [-0.2, 0) is 4.74 Å². The Morgan fingerprint density at radius 3 is 2.38 bits per heavy atom. The zero-order valence-corrected chi connectivity index (χ0v) is 16.9. The van der Waals surface area contributed by atoms with E-state index in [4.69, 9.17) is 16.3 Å². The molecule has 2 rings (SSSR count). The fraction of sp³-hybridized carbons (Fsp3) is 0.579. The maximum atomic E-state index is 12.4. The summed E-state index contributed by atoms with van der Waals surface area (Å²) in [5.74, 6) is -0.0636. The predicted octanol–water partition coefficient (Wildman–Crippen LogP) is 3.85. The Hall–Kier alpha value is -1.95. The summed E-state index contributed by atoms with van der Waals surface area (Å²) in [7, 11) is 0. The third kappa shape index (κ3) is 5.04. The second-order valence-electron chi connectivity index (χ2n) is 7.40. The summed E-state index contributed by atoms with van der Waals surface area (Å²) in [4.78, 5) is 27.8. The minimum absolute atomic E-state index is 0.0636. The number of rotatable bonds is 5. The van der Waals surface area contributed by atoms with Crippen molar-refractivity contribution < 1.29 is 14.3 Å². The topological polar surface area (TPSA) is 61.9 Å². The van der Waals surface area contributed by atoms with Gasteiger partial charge in [-0.25, -0.2) is 4.79 Å². The fourth-order valence-electron chi connectivity index (χ4n) is 2.74. The first-order valence-electron chi connectivity index (χ1n) is 8.98. The van der Waals surface area contributed by atoms with Crippen LogP contribution in [0.1, 0.15) is 45.0 Å². The van der Waals surface area contributed by atoms with E-state index in [9.17, 15) is 9.59 Å². The highest BCUT2D eigenvalue weighted by molar-refractivity contribution is 6.34. The molecule has 1 N–H and O–H groups in total. The van der Waals surface area contributed by atoms with Crippen molar-refractivity contribution in [1.82, 2.24) is 9.80 Å². The molecule has 0 spiro atoms. The van der Waals surface area contributed by atoms with E-state index in [1.165, 1.54) is 0 Å². The van der Waals surface area contributed by atoms with Gasteiger partial charge < -0.3 is 19.9 Å². The molecular weight excluding hydrogens is 354 g/mol. The van der Waals surface area contributed by atoms with Gasteiger partial charge in [-0.3, -0.25) is 4.79 Å². The number of halogens is 1. The third-order valence-corrected chi connectivity index (χ3v) is 4.47. The summed E-state index contributed by atoms with van der Waals surface area (Å²) in [5, 5.41) is 3.76. The zero-order valence-electron chi connectivity index (χ0n) is 16.1. The number of carbonyl (C=O) groups is 2. The van der Waals surface area contributed by atoms with Crippen LogP contribution in [0, 0.1) is 0 Å². The molecule has 0 unspecified atom stereocenters. The number of hydrogen-bond acceptors (Lipinski definition) is 4. The first-order valence-corrected chi connectivity index (χ1v) is 9.35. The van der Waals surface area contributed by atoms with Crippen LogP contribution in [0.5, 0.6) is 0 Å². The summed E-state index contributed by atoms with van der Waals surface area (Å²) in [6.07, 6.45) is -0.297. The van der Waals surface area contributed by atoms with Gasteiger partial charge in [-0.15, -0.1) is 0 Å². The molecular formula is C19H28ClN3O3. The molecule has 144 valence electrons. The number of nitrogens with one attached hydrogen (secondary N) is 1. The van der Waals surface area contributed by atoms with Gasteiger partial charge in [0.1, 0.15) is 5.60 Å². The molecule has 1 aromatic carbocycles. The Balaban J connectivity index is 1.92. The number of hydrogen-bond donors (Lipinski definition) is 1. The molecule has 1 aliphatic rings. The van der Waals surface area contributed by atoms with E-state index >= 15 is 0 Å². The van der Waals surface area contributed by atoms with Crippen molar-refractivity contribution in [3.05, 3.63) is 28.8 Å². The zero-order chi connectivity index (χ0) is 19.5. The van der Waals surface area contributed by atoms with Crippen LogP contribution in [0.4, 0.5) is 10.5 Å². The van der Waals surface area contributed by atoms with Crippen LogP contribution in [0.25, 0.3) is 0 Å². The summed E-state index contributed by atoms with van der Waals surface area (Å²) in [6.45, 7) is 11.9. The highest BCUT2D eigenvalue weighted by atomic mass is 35.5. The van der Waals surface area contributed by atoms with Crippen molar-refractivity contribution in [1.29, 1.82) is 0 Å². The van der Waals surface area contributed by atoms with Gasteiger partial charge in [-0.2, -0.15) is 0 Å². The van der Waals surface area contributed by atoms with Crippen molar-refractivity contribution >= 4 is 29.3 Å². The van der Waals surface area contributed by atoms with Gasteiger partial charge in [0.15, 0.2) is 0 Å². The van der Waals surface area contributed by atoms with Gasteiger partial charge in [0.05, 0.1) is 16.6 Å². The average Bonchev–Trinajstić information content (AvgIpc) is 2.49. The van der Waals surface area contributed by atoms with Crippen molar-refractivity contribution in [2.75, 3.05) is 31.5 Å². The second kappa shape index (κ2) is 8.16. The molecule has 1 heterocycles. The standard InChI is InChI=1S/C19H28ClN3O3/c1-6-22(7-2)17(24)15-9-8-13(10-16(15)20)21-14-11-23(12-14)18(25)26-19(3,4)5/h8-10,14,21H,6-7,11-12H2,1-5H3. The monoisotopic (exact) mass is 381 g/mol. The number of amides is 2. The summed E-state index contributed by atoms with van der Waals surface area (Å²) in [6, 6.07) is 5.49. The van der Waals surface area contributed by atoms with Crippen molar-refractivity contribution in [2.45, 2.75) is 46.3 Å². The molecule has 7 heteroatoms. The van der Waals surface area contributed by atoms with E-state index in [1.54, 1.807) is 21.9 Å². The fourth-order valence-corrected chi connectivity index (χ4v) is 3.00.